The molecule has 0 saturated carbocycles. The van der Waals surface area contributed by atoms with Gasteiger partial charge in [-0.1, -0.05) is 11.3 Å². The molecule has 1 N–H and O–H groups in total. The van der Waals surface area contributed by atoms with Gasteiger partial charge in [0.1, 0.15) is 0 Å². The molecule has 0 spiro atoms. The third-order valence-corrected chi connectivity index (χ3v) is 4.95. The van der Waals surface area contributed by atoms with Crippen molar-refractivity contribution in [2.75, 3.05) is 39.3 Å². The third kappa shape index (κ3) is 3.80. The van der Waals surface area contributed by atoms with Crippen molar-refractivity contribution in [2.45, 2.75) is 25.6 Å². The number of hydrogen-bond donors (Lipinski definition) is 1. The molecule has 0 amide bonds. The molecule has 2 saturated heterocycles. The third-order valence-electron chi connectivity index (χ3n) is 4.95. The highest BCUT2D eigenvalue weighted by molar-refractivity contribution is 5.09. The number of hydrogen-bond acceptors (Lipinski definition) is 6. The summed E-state index contributed by atoms with van der Waals surface area (Å²) in [5.74, 6) is 0. The molecule has 2 fully saturated rings. The van der Waals surface area contributed by atoms with Crippen LogP contribution in [0.3, 0.4) is 0 Å². The van der Waals surface area contributed by atoms with Gasteiger partial charge in [0.25, 0.3) is 0 Å². The van der Waals surface area contributed by atoms with Gasteiger partial charge in [0, 0.05) is 64.2 Å². The van der Waals surface area contributed by atoms with E-state index in [2.05, 4.69) is 42.7 Å². The summed E-state index contributed by atoms with van der Waals surface area (Å²) in [5.41, 5.74) is 2.20. The molecule has 1 unspecified atom stereocenters. The Morgan fingerprint density at radius 3 is 2.92 bits per heavy atom. The second kappa shape index (κ2) is 7.38. The molecule has 2 aromatic rings. The van der Waals surface area contributed by atoms with E-state index in [0.717, 1.165) is 50.5 Å². The van der Waals surface area contributed by atoms with E-state index in [0.29, 0.717) is 6.04 Å². The van der Waals surface area contributed by atoms with Crippen LogP contribution in [0.4, 0.5) is 0 Å². The molecule has 0 aromatic carbocycles. The summed E-state index contributed by atoms with van der Waals surface area (Å²) in [6.07, 6.45) is 6.99. The quantitative estimate of drug-likeness (QED) is 0.847. The van der Waals surface area contributed by atoms with Crippen molar-refractivity contribution in [3.05, 3.63) is 42.0 Å². The molecule has 24 heavy (non-hydrogen) atoms. The molecule has 1 atom stereocenters. The minimum atomic E-state index is 0.706. The molecule has 128 valence electrons. The summed E-state index contributed by atoms with van der Waals surface area (Å²) < 4.78 is 1.90. The van der Waals surface area contributed by atoms with Crippen LogP contribution in [-0.4, -0.2) is 75.1 Å². The van der Waals surface area contributed by atoms with Crippen LogP contribution in [0.1, 0.15) is 17.7 Å². The minimum absolute atomic E-state index is 0.706. The van der Waals surface area contributed by atoms with Crippen molar-refractivity contribution in [1.82, 2.24) is 35.1 Å². The van der Waals surface area contributed by atoms with Gasteiger partial charge in [-0.05, 0) is 18.1 Å². The van der Waals surface area contributed by atoms with Crippen LogP contribution in [-0.2, 0) is 13.1 Å². The Bertz CT molecular complexity index is 635. The number of nitrogens with zero attached hydrogens (tertiary/aromatic N) is 6. The van der Waals surface area contributed by atoms with Gasteiger partial charge >= 0.3 is 0 Å². The van der Waals surface area contributed by atoms with Crippen molar-refractivity contribution < 1.29 is 0 Å². The molecular formula is C17H25N7. The van der Waals surface area contributed by atoms with Crippen molar-refractivity contribution in [3.8, 4) is 0 Å². The number of rotatable bonds is 5. The minimum Gasteiger partial charge on any atom is -0.314 e. The number of nitrogens with one attached hydrogen (secondary N) is 1. The van der Waals surface area contributed by atoms with Gasteiger partial charge in [0.05, 0.1) is 18.4 Å². The maximum Gasteiger partial charge on any atom is 0.0967 e. The van der Waals surface area contributed by atoms with Gasteiger partial charge in [-0.2, -0.15) is 0 Å². The Kier molecular flexibility index (Phi) is 4.82. The lowest BCUT2D eigenvalue weighted by Crippen LogP contribution is -2.49. The van der Waals surface area contributed by atoms with E-state index >= 15 is 0 Å². The highest BCUT2D eigenvalue weighted by Gasteiger charge is 2.28. The standard InChI is InChI=1S/C17H25N7/c1-2-15(10-19-4-1)11-24-13-16(20-21-24)12-22-7-3-17(14-22)23-8-5-18-6-9-23/h1-2,4,10,13,17-18H,3,5-9,11-12,14H2. The molecule has 4 rings (SSSR count). The monoisotopic (exact) mass is 327 g/mol. The fourth-order valence-corrected chi connectivity index (χ4v) is 3.70. The first-order chi connectivity index (χ1) is 11.9. The Labute approximate surface area is 142 Å². The summed E-state index contributed by atoms with van der Waals surface area (Å²) in [6, 6.07) is 4.72. The van der Waals surface area contributed by atoms with Crippen LogP contribution in [0.2, 0.25) is 0 Å². The maximum absolute atomic E-state index is 4.34. The lowest BCUT2D eigenvalue weighted by Gasteiger charge is -2.32. The van der Waals surface area contributed by atoms with E-state index in [1.165, 1.54) is 19.5 Å². The highest BCUT2D eigenvalue weighted by Crippen LogP contribution is 2.18. The van der Waals surface area contributed by atoms with E-state index < -0.39 is 0 Å². The predicted molar refractivity (Wildman–Crippen MR) is 91.5 cm³/mol. The lowest BCUT2D eigenvalue weighted by molar-refractivity contribution is 0.170. The van der Waals surface area contributed by atoms with Crippen LogP contribution < -0.4 is 5.32 Å². The number of likely N-dealkylation sites (tertiary alicyclic amines) is 1. The predicted octanol–water partition coefficient (Wildman–Crippen LogP) is 0.201. The van der Waals surface area contributed by atoms with E-state index in [1.54, 1.807) is 6.20 Å². The summed E-state index contributed by atoms with van der Waals surface area (Å²) in [6.45, 7) is 8.54. The number of pyridine rings is 1. The molecule has 2 aromatic heterocycles. The first-order valence-corrected chi connectivity index (χ1v) is 8.82. The fourth-order valence-electron chi connectivity index (χ4n) is 3.70. The topological polar surface area (TPSA) is 62.1 Å². The first kappa shape index (κ1) is 15.7. The summed E-state index contributed by atoms with van der Waals surface area (Å²) in [7, 11) is 0. The zero-order valence-corrected chi connectivity index (χ0v) is 14.0. The van der Waals surface area contributed by atoms with Gasteiger partial charge in [0.15, 0.2) is 0 Å². The molecule has 0 aliphatic carbocycles. The molecular weight excluding hydrogens is 302 g/mol. The normalized spacial score (nSPS) is 22.9. The van der Waals surface area contributed by atoms with Gasteiger partial charge < -0.3 is 5.32 Å². The Hall–Kier alpha value is -1.83. The molecule has 4 heterocycles. The maximum atomic E-state index is 4.34. The Morgan fingerprint density at radius 2 is 2.08 bits per heavy atom. The van der Waals surface area contributed by atoms with Gasteiger partial charge in [-0.25, -0.2) is 4.68 Å². The Morgan fingerprint density at radius 1 is 1.17 bits per heavy atom. The second-order valence-corrected chi connectivity index (χ2v) is 6.73. The van der Waals surface area contributed by atoms with Gasteiger partial charge in [0.2, 0.25) is 0 Å². The number of aromatic nitrogens is 4. The van der Waals surface area contributed by atoms with E-state index in [-0.39, 0.29) is 0 Å². The lowest BCUT2D eigenvalue weighted by atomic mass is 10.2. The smallest absolute Gasteiger partial charge is 0.0967 e. The van der Waals surface area contributed by atoms with Crippen molar-refractivity contribution >= 4 is 0 Å². The van der Waals surface area contributed by atoms with E-state index in [4.69, 9.17) is 0 Å². The highest BCUT2D eigenvalue weighted by atomic mass is 15.4. The largest absolute Gasteiger partial charge is 0.314 e. The SMILES string of the molecule is c1cncc(Cn2cc(CN3CCC(N4CCNCC4)C3)nn2)c1. The summed E-state index contributed by atoms with van der Waals surface area (Å²) >= 11 is 0. The number of piperazine rings is 1. The fraction of sp³-hybridized carbons (Fsp3) is 0.588. The van der Waals surface area contributed by atoms with Crippen LogP contribution >= 0.6 is 0 Å². The summed E-state index contributed by atoms with van der Waals surface area (Å²) in [4.78, 5) is 9.28. The second-order valence-electron chi connectivity index (χ2n) is 6.73. The van der Waals surface area contributed by atoms with Crippen LogP contribution in [0.15, 0.2) is 30.7 Å². The van der Waals surface area contributed by atoms with E-state index in [9.17, 15) is 0 Å². The molecule has 0 bridgehead atoms. The Balaban J connectivity index is 1.30. The molecule has 7 heteroatoms. The average molecular weight is 327 g/mol. The molecule has 2 aliphatic rings. The zero-order chi connectivity index (χ0) is 16.2. The van der Waals surface area contributed by atoms with Crippen molar-refractivity contribution in [3.63, 3.8) is 0 Å². The van der Waals surface area contributed by atoms with Gasteiger partial charge in [-0.15, -0.1) is 5.10 Å². The van der Waals surface area contributed by atoms with Crippen LogP contribution in [0.5, 0.6) is 0 Å². The van der Waals surface area contributed by atoms with Crippen LogP contribution in [0, 0.1) is 0 Å². The summed E-state index contributed by atoms with van der Waals surface area (Å²) in [5, 5.41) is 12.0. The average Bonchev–Trinajstić information content (AvgIpc) is 3.27. The van der Waals surface area contributed by atoms with Crippen molar-refractivity contribution in [1.29, 1.82) is 0 Å². The molecule has 7 nitrogen and oxygen atoms in total. The first-order valence-electron chi connectivity index (χ1n) is 8.82. The van der Waals surface area contributed by atoms with Crippen LogP contribution in [0.25, 0.3) is 0 Å². The van der Waals surface area contributed by atoms with Gasteiger partial charge in [-0.3, -0.25) is 14.8 Å². The molecule has 0 radical (unpaired) electrons. The zero-order valence-electron chi connectivity index (χ0n) is 14.0. The van der Waals surface area contributed by atoms with Crippen molar-refractivity contribution in [2.24, 2.45) is 0 Å². The van der Waals surface area contributed by atoms with E-state index in [1.807, 2.05) is 16.9 Å². The molecule has 2 aliphatic heterocycles.